The maximum absolute atomic E-state index is 5.24. The van der Waals surface area contributed by atoms with Gasteiger partial charge in [-0.25, -0.2) is 0 Å². The van der Waals surface area contributed by atoms with Gasteiger partial charge in [-0.15, -0.1) is 6.42 Å². The van der Waals surface area contributed by atoms with Crippen LogP contribution in [0.25, 0.3) is 0 Å². The molecule has 0 spiro atoms. The summed E-state index contributed by atoms with van der Waals surface area (Å²) >= 11 is 0. The third-order valence-corrected chi connectivity index (χ3v) is 3.51. The molecule has 3 nitrogen and oxygen atoms in total. The topological polar surface area (TPSA) is 18.5 Å². The van der Waals surface area contributed by atoms with E-state index in [0.29, 0.717) is 12.6 Å². The fraction of sp³-hybridized carbons (Fsp3) is 0.867. The summed E-state index contributed by atoms with van der Waals surface area (Å²) in [5.74, 6) is 2.62. The first kappa shape index (κ1) is 17.4. The lowest BCUT2D eigenvalue weighted by molar-refractivity contribution is 0.197. The minimum absolute atomic E-state index is 0.556. The van der Waals surface area contributed by atoms with E-state index in [1.54, 1.807) is 0 Å². The molecule has 0 saturated carbocycles. The highest BCUT2D eigenvalue weighted by Gasteiger charge is 2.11. The van der Waals surface area contributed by atoms with Crippen LogP contribution in [0.4, 0.5) is 0 Å². The number of hydrogen-bond donors (Lipinski definition) is 1. The average Bonchev–Trinajstić information content (AvgIpc) is 2.39. The van der Waals surface area contributed by atoms with Crippen LogP contribution in [0.2, 0.25) is 0 Å². The van der Waals surface area contributed by atoms with Crippen molar-refractivity contribution in [1.29, 1.82) is 0 Å². The molecule has 0 rings (SSSR count). The van der Waals surface area contributed by atoms with E-state index in [9.17, 15) is 0 Å². The Labute approximate surface area is 114 Å². The van der Waals surface area contributed by atoms with Gasteiger partial charge in [-0.2, -0.15) is 0 Å². The van der Waals surface area contributed by atoms with Crippen LogP contribution in [-0.2, 0) is 0 Å². The minimum atomic E-state index is 0.556. The maximum atomic E-state index is 5.24. The van der Waals surface area contributed by atoms with Crippen LogP contribution in [0.1, 0.15) is 34.1 Å². The molecule has 3 heteroatoms. The summed E-state index contributed by atoms with van der Waals surface area (Å²) in [6.45, 7) is 16.4. The van der Waals surface area contributed by atoms with Gasteiger partial charge in [0, 0.05) is 12.6 Å². The van der Waals surface area contributed by atoms with Gasteiger partial charge in [-0.3, -0.25) is 4.90 Å². The lowest BCUT2D eigenvalue weighted by Gasteiger charge is -2.29. The zero-order chi connectivity index (χ0) is 13.8. The van der Waals surface area contributed by atoms with Crippen LogP contribution in [0.3, 0.4) is 0 Å². The molecule has 0 aromatic rings. The molecule has 0 aromatic carbocycles. The molecule has 0 aliphatic heterocycles. The SMILES string of the molecule is C#CCNCC(C)N(CC)CCCN(CC)CC. The summed E-state index contributed by atoms with van der Waals surface area (Å²) in [6.07, 6.45) is 6.48. The van der Waals surface area contributed by atoms with Gasteiger partial charge < -0.3 is 10.2 Å². The molecular weight excluding hydrogens is 222 g/mol. The van der Waals surface area contributed by atoms with Crippen LogP contribution in [0, 0.1) is 12.3 Å². The standard InChI is InChI=1S/C15H31N3/c1-6-11-16-14-15(5)18(9-4)13-10-12-17(7-2)8-3/h1,15-16H,7-14H2,2-5H3. The van der Waals surface area contributed by atoms with Gasteiger partial charge in [-0.05, 0) is 46.1 Å². The van der Waals surface area contributed by atoms with Crippen molar-refractivity contribution in [2.45, 2.75) is 40.2 Å². The van der Waals surface area contributed by atoms with Gasteiger partial charge in [0.1, 0.15) is 0 Å². The fourth-order valence-corrected chi connectivity index (χ4v) is 2.21. The van der Waals surface area contributed by atoms with E-state index < -0.39 is 0 Å². The number of rotatable bonds is 11. The van der Waals surface area contributed by atoms with Crippen molar-refractivity contribution in [3.63, 3.8) is 0 Å². The summed E-state index contributed by atoms with van der Waals surface area (Å²) in [6, 6.07) is 0.556. The first-order chi connectivity index (χ1) is 8.69. The first-order valence-corrected chi connectivity index (χ1v) is 7.30. The highest BCUT2D eigenvalue weighted by atomic mass is 15.2. The summed E-state index contributed by atoms with van der Waals surface area (Å²) in [5.41, 5.74) is 0. The number of likely N-dealkylation sites (N-methyl/N-ethyl adjacent to an activating group) is 1. The van der Waals surface area contributed by atoms with E-state index >= 15 is 0 Å². The van der Waals surface area contributed by atoms with Crippen molar-refractivity contribution in [1.82, 2.24) is 15.1 Å². The zero-order valence-electron chi connectivity index (χ0n) is 12.7. The largest absolute Gasteiger partial charge is 0.305 e. The Bertz CT molecular complexity index is 218. The second-order valence-corrected chi connectivity index (χ2v) is 4.69. The van der Waals surface area contributed by atoms with Gasteiger partial charge in [0.2, 0.25) is 0 Å². The van der Waals surface area contributed by atoms with Crippen molar-refractivity contribution in [2.75, 3.05) is 45.8 Å². The molecule has 1 N–H and O–H groups in total. The van der Waals surface area contributed by atoms with Crippen LogP contribution < -0.4 is 5.32 Å². The summed E-state index contributed by atoms with van der Waals surface area (Å²) in [4.78, 5) is 5.00. The van der Waals surface area contributed by atoms with E-state index in [2.05, 4.69) is 48.7 Å². The number of hydrogen-bond acceptors (Lipinski definition) is 3. The van der Waals surface area contributed by atoms with Gasteiger partial charge >= 0.3 is 0 Å². The Morgan fingerprint density at radius 2 is 1.78 bits per heavy atom. The molecule has 1 atom stereocenters. The van der Waals surface area contributed by atoms with Crippen LogP contribution in [-0.4, -0.2) is 61.7 Å². The van der Waals surface area contributed by atoms with Crippen LogP contribution >= 0.6 is 0 Å². The molecule has 18 heavy (non-hydrogen) atoms. The van der Waals surface area contributed by atoms with E-state index in [1.807, 2.05) is 0 Å². The smallest absolute Gasteiger partial charge is 0.0574 e. The molecule has 0 aliphatic carbocycles. The predicted molar refractivity (Wildman–Crippen MR) is 80.8 cm³/mol. The monoisotopic (exact) mass is 253 g/mol. The molecule has 0 heterocycles. The fourth-order valence-electron chi connectivity index (χ4n) is 2.21. The van der Waals surface area contributed by atoms with Gasteiger partial charge in [0.05, 0.1) is 6.54 Å². The molecule has 0 bridgehead atoms. The third kappa shape index (κ3) is 7.71. The van der Waals surface area contributed by atoms with Crippen molar-refractivity contribution in [3.8, 4) is 12.3 Å². The summed E-state index contributed by atoms with van der Waals surface area (Å²) in [7, 11) is 0. The lowest BCUT2D eigenvalue weighted by Crippen LogP contribution is -2.41. The molecule has 0 amide bonds. The van der Waals surface area contributed by atoms with E-state index in [0.717, 1.165) is 26.2 Å². The molecule has 0 radical (unpaired) electrons. The van der Waals surface area contributed by atoms with E-state index in [1.165, 1.54) is 19.5 Å². The maximum Gasteiger partial charge on any atom is 0.0574 e. The average molecular weight is 253 g/mol. The molecule has 0 fully saturated rings. The Hall–Kier alpha value is -0.560. The van der Waals surface area contributed by atoms with Crippen molar-refractivity contribution < 1.29 is 0 Å². The molecule has 106 valence electrons. The summed E-state index contributed by atoms with van der Waals surface area (Å²) in [5, 5.41) is 3.28. The Morgan fingerprint density at radius 3 is 2.28 bits per heavy atom. The van der Waals surface area contributed by atoms with E-state index in [4.69, 9.17) is 6.42 Å². The van der Waals surface area contributed by atoms with Gasteiger partial charge in [0.15, 0.2) is 0 Å². The first-order valence-electron chi connectivity index (χ1n) is 7.30. The Balaban J connectivity index is 3.84. The van der Waals surface area contributed by atoms with Crippen LogP contribution in [0.15, 0.2) is 0 Å². The van der Waals surface area contributed by atoms with E-state index in [-0.39, 0.29) is 0 Å². The second kappa shape index (κ2) is 11.5. The summed E-state index contributed by atoms with van der Waals surface area (Å²) < 4.78 is 0. The second-order valence-electron chi connectivity index (χ2n) is 4.69. The van der Waals surface area contributed by atoms with Crippen LogP contribution in [0.5, 0.6) is 0 Å². The predicted octanol–water partition coefficient (Wildman–Crippen LogP) is 1.65. The number of nitrogens with zero attached hydrogens (tertiary/aromatic N) is 2. The Kier molecular flexibility index (Phi) is 11.2. The lowest BCUT2D eigenvalue weighted by atomic mass is 10.2. The highest BCUT2D eigenvalue weighted by Crippen LogP contribution is 2.01. The van der Waals surface area contributed by atoms with Crippen molar-refractivity contribution in [3.05, 3.63) is 0 Å². The van der Waals surface area contributed by atoms with Gasteiger partial charge in [0.25, 0.3) is 0 Å². The van der Waals surface area contributed by atoms with Gasteiger partial charge in [-0.1, -0.05) is 26.7 Å². The molecule has 0 aromatic heterocycles. The Morgan fingerprint density at radius 1 is 1.11 bits per heavy atom. The normalized spacial score (nSPS) is 12.9. The minimum Gasteiger partial charge on any atom is -0.305 e. The van der Waals surface area contributed by atoms with Crippen molar-refractivity contribution in [2.24, 2.45) is 0 Å². The number of terminal acetylenes is 1. The van der Waals surface area contributed by atoms with Crippen molar-refractivity contribution >= 4 is 0 Å². The quantitative estimate of drug-likeness (QED) is 0.446. The highest BCUT2D eigenvalue weighted by molar-refractivity contribution is 4.87. The number of nitrogens with one attached hydrogen (secondary N) is 1. The molecule has 0 saturated heterocycles. The zero-order valence-corrected chi connectivity index (χ0v) is 12.7. The molecular formula is C15H31N3. The molecule has 0 aliphatic rings. The third-order valence-electron chi connectivity index (χ3n) is 3.51. The molecule has 1 unspecified atom stereocenters.